The first kappa shape index (κ1) is 14.7. The van der Waals surface area contributed by atoms with E-state index in [1.165, 1.54) is 12.8 Å². The highest BCUT2D eigenvalue weighted by molar-refractivity contribution is 5.95. The molecular formula is C18H24N4O. The van der Waals surface area contributed by atoms with Crippen molar-refractivity contribution in [2.45, 2.75) is 57.3 Å². The summed E-state index contributed by atoms with van der Waals surface area (Å²) in [5.41, 5.74) is 1.92. The Kier molecular flexibility index (Phi) is 3.60. The maximum atomic E-state index is 12.8. The van der Waals surface area contributed by atoms with E-state index >= 15 is 0 Å². The molecule has 23 heavy (non-hydrogen) atoms. The quantitative estimate of drug-likeness (QED) is 0.947. The Balaban J connectivity index is 1.56. The van der Waals surface area contributed by atoms with Crippen LogP contribution in [0.1, 0.15) is 43.2 Å². The van der Waals surface area contributed by atoms with Crippen molar-refractivity contribution < 1.29 is 4.79 Å². The van der Waals surface area contributed by atoms with E-state index in [0.29, 0.717) is 17.9 Å². The van der Waals surface area contributed by atoms with Crippen molar-refractivity contribution in [1.82, 2.24) is 19.8 Å². The summed E-state index contributed by atoms with van der Waals surface area (Å²) in [5, 5.41) is 3.24. The van der Waals surface area contributed by atoms with Crippen molar-refractivity contribution in [3.05, 3.63) is 30.1 Å². The summed E-state index contributed by atoms with van der Waals surface area (Å²) in [4.78, 5) is 19.8. The predicted molar refractivity (Wildman–Crippen MR) is 90.5 cm³/mol. The number of piperidine rings is 1. The molecule has 3 heterocycles. The van der Waals surface area contributed by atoms with E-state index in [-0.39, 0.29) is 11.9 Å². The van der Waals surface area contributed by atoms with Crippen LogP contribution in [0.15, 0.2) is 24.3 Å². The second-order valence-corrected chi connectivity index (χ2v) is 6.86. The average molecular weight is 312 g/mol. The van der Waals surface area contributed by atoms with Crippen LogP contribution in [0, 0.1) is 0 Å². The van der Waals surface area contributed by atoms with Gasteiger partial charge >= 0.3 is 0 Å². The van der Waals surface area contributed by atoms with Gasteiger partial charge in [-0.05, 0) is 51.8 Å². The van der Waals surface area contributed by atoms with Gasteiger partial charge in [0, 0.05) is 24.7 Å². The maximum absolute atomic E-state index is 12.8. The van der Waals surface area contributed by atoms with Gasteiger partial charge < -0.3 is 14.8 Å². The fraction of sp³-hybridized carbons (Fsp3) is 0.556. The van der Waals surface area contributed by atoms with Gasteiger partial charge in [-0.2, -0.15) is 0 Å². The summed E-state index contributed by atoms with van der Waals surface area (Å²) < 4.78 is 2.01. The van der Waals surface area contributed by atoms with Crippen molar-refractivity contribution in [3.63, 3.8) is 0 Å². The molecule has 1 aromatic carbocycles. The number of nitrogens with one attached hydrogen (secondary N) is 1. The van der Waals surface area contributed by atoms with Crippen LogP contribution in [-0.4, -0.2) is 45.5 Å². The lowest BCUT2D eigenvalue weighted by atomic mass is 9.98. The normalized spacial score (nSPS) is 27.5. The highest BCUT2D eigenvalue weighted by Crippen LogP contribution is 2.34. The standard InChI is InChI=1S/C18H24N4O/c1-3-22-16-7-5-4-6-15(16)20-17(22)18(23)19-12-10-13-8-9-14(11-12)21(13)2/h4-7,12-14H,3,8-11H2,1-2H3,(H,19,23)/t12?,13-,14+. The van der Waals surface area contributed by atoms with E-state index in [9.17, 15) is 4.79 Å². The minimum Gasteiger partial charge on any atom is -0.347 e. The highest BCUT2D eigenvalue weighted by Gasteiger charge is 2.39. The molecule has 4 rings (SSSR count). The number of aryl methyl sites for hydroxylation is 1. The zero-order valence-corrected chi connectivity index (χ0v) is 13.8. The van der Waals surface area contributed by atoms with E-state index in [2.05, 4.69) is 29.2 Å². The van der Waals surface area contributed by atoms with Crippen molar-refractivity contribution >= 4 is 16.9 Å². The van der Waals surface area contributed by atoms with Gasteiger partial charge in [0.25, 0.3) is 5.91 Å². The zero-order valence-electron chi connectivity index (χ0n) is 13.8. The van der Waals surface area contributed by atoms with Crippen molar-refractivity contribution in [3.8, 4) is 0 Å². The number of amides is 1. The Labute approximate surface area is 136 Å². The van der Waals surface area contributed by atoms with E-state index in [1.807, 2.05) is 28.8 Å². The van der Waals surface area contributed by atoms with E-state index in [4.69, 9.17) is 0 Å². The van der Waals surface area contributed by atoms with Gasteiger partial charge in [0.2, 0.25) is 0 Å². The molecule has 2 saturated heterocycles. The molecule has 0 spiro atoms. The minimum atomic E-state index is -0.0306. The van der Waals surface area contributed by atoms with E-state index in [1.54, 1.807) is 0 Å². The van der Waals surface area contributed by atoms with Crippen LogP contribution in [0.2, 0.25) is 0 Å². The van der Waals surface area contributed by atoms with Crippen LogP contribution in [0.5, 0.6) is 0 Å². The Morgan fingerprint density at radius 1 is 1.26 bits per heavy atom. The molecule has 1 unspecified atom stereocenters. The Morgan fingerprint density at radius 3 is 2.65 bits per heavy atom. The lowest BCUT2D eigenvalue weighted by Crippen LogP contribution is -2.49. The van der Waals surface area contributed by atoms with Crippen LogP contribution in [-0.2, 0) is 6.54 Å². The van der Waals surface area contributed by atoms with Crippen molar-refractivity contribution in [1.29, 1.82) is 0 Å². The van der Waals surface area contributed by atoms with Crippen LogP contribution >= 0.6 is 0 Å². The lowest BCUT2D eigenvalue weighted by molar-refractivity contribution is 0.0868. The number of rotatable bonds is 3. The van der Waals surface area contributed by atoms with Gasteiger partial charge in [-0.1, -0.05) is 12.1 Å². The van der Waals surface area contributed by atoms with Crippen molar-refractivity contribution in [2.24, 2.45) is 0 Å². The molecule has 2 aromatic rings. The molecule has 2 aliphatic heterocycles. The monoisotopic (exact) mass is 312 g/mol. The number of imidazole rings is 1. The molecule has 1 amide bonds. The third-order valence-corrected chi connectivity index (χ3v) is 5.61. The Hall–Kier alpha value is -1.88. The van der Waals surface area contributed by atoms with Crippen molar-refractivity contribution in [2.75, 3.05) is 7.05 Å². The molecule has 1 aromatic heterocycles. The predicted octanol–water partition coefficient (Wildman–Crippen LogP) is 2.41. The number of nitrogens with zero attached hydrogens (tertiary/aromatic N) is 3. The number of para-hydroxylation sites is 2. The molecular weight excluding hydrogens is 288 g/mol. The topological polar surface area (TPSA) is 50.2 Å². The molecule has 122 valence electrons. The van der Waals surface area contributed by atoms with Crippen LogP contribution in [0.25, 0.3) is 11.0 Å². The van der Waals surface area contributed by atoms with Gasteiger partial charge in [0.15, 0.2) is 5.82 Å². The van der Waals surface area contributed by atoms with Gasteiger partial charge in [-0.25, -0.2) is 4.98 Å². The largest absolute Gasteiger partial charge is 0.347 e. The zero-order chi connectivity index (χ0) is 16.0. The first-order valence-electron chi connectivity index (χ1n) is 8.65. The molecule has 1 N–H and O–H groups in total. The molecule has 5 nitrogen and oxygen atoms in total. The number of fused-ring (bicyclic) bond motifs is 3. The summed E-state index contributed by atoms with van der Waals surface area (Å²) in [6.45, 7) is 2.81. The first-order valence-corrected chi connectivity index (χ1v) is 8.65. The molecule has 0 radical (unpaired) electrons. The average Bonchev–Trinajstić information content (AvgIpc) is 3.01. The summed E-state index contributed by atoms with van der Waals surface area (Å²) in [7, 11) is 2.22. The van der Waals surface area contributed by atoms with Gasteiger partial charge in [-0.3, -0.25) is 4.79 Å². The number of hydrogen-bond donors (Lipinski definition) is 1. The summed E-state index contributed by atoms with van der Waals surface area (Å²) in [6.07, 6.45) is 4.65. The van der Waals surface area contributed by atoms with Gasteiger partial charge in [0.05, 0.1) is 11.0 Å². The lowest BCUT2D eigenvalue weighted by Gasteiger charge is -2.36. The second kappa shape index (κ2) is 5.64. The Bertz CT molecular complexity index is 724. The summed E-state index contributed by atoms with van der Waals surface area (Å²) >= 11 is 0. The Morgan fingerprint density at radius 2 is 1.96 bits per heavy atom. The number of carbonyl (C=O) groups excluding carboxylic acids is 1. The number of carbonyl (C=O) groups is 1. The smallest absolute Gasteiger partial charge is 0.287 e. The molecule has 5 heteroatoms. The highest BCUT2D eigenvalue weighted by atomic mass is 16.2. The van der Waals surface area contributed by atoms with Crippen LogP contribution in [0.4, 0.5) is 0 Å². The molecule has 2 aliphatic rings. The number of benzene rings is 1. The first-order chi connectivity index (χ1) is 11.2. The molecule has 2 fully saturated rings. The van der Waals surface area contributed by atoms with Gasteiger partial charge in [0.1, 0.15) is 0 Å². The van der Waals surface area contributed by atoms with E-state index < -0.39 is 0 Å². The maximum Gasteiger partial charge on any atom is 0.287 e. The molecule has 0 saturated carbocycles. The van der Waals surface area contributed by atoms with Crippen LogP contribution in [0.3, 0.4) is 0 Å². The summed E-state index contributed by atoms with van der Waals surface area (Å²) in [6, 6.07) is 9.49. The SMILES string of the molecule is CCn1c(C(=O)NC2C[C@H]3CC[C@@H](C2)N3C)nc2ccccc21. The number of aromatic nitrogens is 2. The third-order valence-electron chi connectivity index (χ3n) is 5.61. The molecule has 3 atom stereocenters. The van der Waals surface area contributed by atoms with Gasteiger partial charge in [-0.15, -0.1) is 0 Å². The summed E-state index contributed by atoms with van der Waals surface area (Å²) in [5.74, 6) is 0.511. The minimum absolute atomic E-state index is 0.0306. The fourth-order valence-corrected chi connectivity index (χ4v) is 4.35. The van der Waals surface area contributed by atoms with E-state index in [0.717, 1.165) is 30.4 Å². The third kappa shape index (κ3) is 2.43. The molecule has 2 bridgehead atoms. The second-order valence-electron chi connectivity index (χ2n) is 6.86. The molecule has 0 aliphatic carbocycles. The number of hydrogen-bond acceptors (Lipinski definition) is 3. The fourth-order valence-electron chi connectivity index (χ4n) is 4.35. The van der Waals surface area contributed by atoms with Crippen LogP contribution < -0.4 is 5.32 Å².